The van der Waals surface area contributed by atoms with Gasteiger partial charge in [-0.3, -0.25) is 9.48 Å². The third-order valence-corrected chi connectivity index (χ3v) is 10.8. The summed E-state index contributed by atoms with van der Waals surface area (Å²) in [5.74, 6) is 2.64. The van der Waals surface area contributed by atoms with Crippen molar-refractivity contribution in [1.29, 1.82) is 0 Å². The van der Waals surface area contributed by atoms with Crippen LogP contribution in [0.15, 0.2) is 12.4 Å². The number of aromatic nitrogens is 2. The number of ether oxygens (including phenoxy) is 1. The summed E-state index contributed by atoms with van der Waals surface area (Å²) in [5, 5.41) is 15.0. The third-order valence-electron chi connectivity index (χ3n) is 10.8. The predicted molar refractivity (Wildman–Crippen MR) is 129 cm³/mol. The lowest BCUT2D eigenvalue weighted by Gasteiger charge is -2.61. The first-order valence-corrected chi connectivity index (χ1v) is 13.5. The summed E-state index contributed by atoms with van der Waals surface area (Å²) < 4.78 is 6.66. The Morgan fingerprint density at radius 1 is 1.06 bits per heavy atom. The largest absolute Gasteiger partial charge is 0.462 e. The van der Waals surface area contributed by atoms with Crippen LogP contribution in [-0.2, 0) is 16.1 Å². The lowest BCUT2D eigenvalue weighted by molar-refractivity contribution is -0.151. The molecular weight excluding hydrogens is 428 g/mol. The van der Waals surface area contributed by atoms with Gasteiger partial charge in [-0.2, -0.15) is 5.10 Å². The number of esters is 1. The van der Waals surface area contributed by atoms with Crippen molar-refractivity contribution in [3.63, 3.8) is 0 Å². The molecule has 5 rings (SSSR count). The SMILES string of the molecule is CCOC(=O)c1cnn(CC(=O)[C@H]2CC[C@H]3[C@@H]4CC[C@@H]5C[C@](C)(O)CC[C@]5(C)[C@H]4CC[C@]23C)c1. The lowest BCUT2D eigenvalue weighted by atomic mass is 9.44. The molecule has 4 fully saturated rings. The second-order valence-electron chi connectivity index (χ2n) is 12.6. The minimum Gasteiger partial charge on any atom is -0.462 e. The van der Waals surface area contributed by atoms with E-state index in [4.69, 9.17) is 4.74 Å². The molecule has 6 nitrogen and oxygen atoms in total. The number of fused-ring (bicyclic) bond motifs is 5. The summed E-state index contributed by atoms with van der Waals surface area (Å²) in [4.78, 5) is 25.5. The van der Waals surface area contributed by atoms with Crippen molar-refractivity contribution in [2.75, 3.05) is 6.61 Å². The molecule has 1 aromatic heterocycles. The molecule has 0 bridgehead atoms. The zero-order chi connectivity index (χ0) is 24.3. The van der Waals surface area contributed by atoms with E-state index < -0.39 is 5.60 Å². The van der Waals surface area contributed by atoms with Gasteiger partial charge in [-0.1, -0.05) is 13.8 Å². The number of hydrogen-bond donors (Lipinski definition) is 1. The summed E-state index contributed by atoms with van der Waals surface area (Å²) in [6, 6.07) is 0. The first-order valence-electron chi connectivity index (χ1n) is 13.5. The van der Waals surface area contributed by atoms with Crippen LogP contribution in [0.2, 0.25) is 0 Å². The van der Waals surface area contributed by atoms with Gasteiger partial charge in [0, 0.05) is 12.1 Å². The molecule has 4 aliphatic carbocycles. The molecule has 0 unspecified atom stereocenters. The van der Waals surface area contributed by atoms with Crippen LogP contribution in [0.5, 0.6) is 0 Å². The predicted octanol–water partition coefficient (Wildman–Crippen LogP) is 5.04. The Kier molecular flexibility index (Phi) is 5.98. The highest BCUT2D eigenvalue weighted by Crippen LogP contribution is 2.68. The van der Waals surface area contributed by atoms with Gasteiger partial charge < -0.3 is 9.84 Å². The van der Waals surface area contributed by atoms with Crippen LogP contribution < -0.4 is 0 Å². The molecule has 6 heteroatoms. The molecule has 34 heavy (non-hydrogen) atoms. The van der Waals surface area contributed by atoms with Gasteiger partial charge in [-0.05, 0) is 106 Å². The van der Waals surface area contributed by atoms with E-state index in [1.54, 1.807) is 17.8 Å². The highest BCUT2D eigenvalue weighted by molar-refractivity contribution is 5.89. The van der Waals surface area contributed by atoms with Crippen molar-refractivity contribution < 1.29 is 19.4 Å². The van der Waals surface area contributed by atoms with Gasteiger partial charge in [-0.15, -0.1) is 0 Å². The Morgan fingerprint density at radius 3 is 2.59 bits per heavy atom. The number of hydrogen-bond acceptors (Lipinski definition) is 5. The quantitative estimate of drug-likeness (QED) is 0.610. The third kappa shape index (κ3) is 3.84. The average Bonchev–Trinajstić information content (AvgIpc) is 3.38. The van der Waals surface area contributed by atoms with Gasteiger partial charge in [0.25, 0.3) is 0 Å². The number of ketones is 1. The molecule has 8 atom stereocenters. The van der Waals surface area contributed by atoms with Crippen molar-refractivity contribution in [2.24, 2.45) is 40.4 Å². The monoisotopic (exact) mass is 470 g/mol. The Balaban J connectivity index is 1.29. The van der Waals surface area contributed by atoms with E-state index in [1.807, 2.05) is 6.92 Å². The Morgan fingerprint density at radius 2 is 1.82 bits per heavy atom. The average molecular weight is 471 g/mol. The number of Topliss-reactive ketones (excluding diaryl/α,β-unsaturated/α-hetero) is 1. The van der Waals surface area contributed by atoms with Crippen LogP contribution in [0.25, 0.3) is 0 Å². The Bertz CT molecular complexity index is 954. The fraction of sp³-hybridized carbons (Fsp3) is 0.821. The van der Waals surface area contributed by atoms with Gasteiger partial charge in [0.2, 0.25) is 0 Å². The van der Waals surface area contributed by atoms with Crippen LogP contribution in [-0.4, -0.2) is 38.8 Å². The van der Waals surface area contributed by atoms with Gasteiger partial charge in [0.1, 0.15) is 0 Å². The number of carbonyl (C=O) groups excluding carboxylic acids is 2. The van der Waals surface area contributed by atoms with Crippen molar-refractivity contribution in [2.45, 2.75) is 97.6 Å². The van der Waals surface area contributed by atoms with E-state index in [0.717, 1.165) is 44.4 Å². The molecule has 0 aromatic carbocycles. The smallest absolute Gasteiger partial charge is 0.341 e. The Labute approximate surface area is 203 Å². The van der Waals surface area contributed by atoms with Crippen LogP contribution in [0.4, 0.5) is 0 Å². The van der Waals surface area contributed by atoms with E-state index in [0.29, 0.717) is 35.3 Å². The topological polar surface area (TPSA) is 81.4 Å². The van der Waals surface area contributed by atoms with Crippen LogP contribution in [0.1, 0.15) is 95.8 Å². The van der Waals surface area contributed by atoms with Crippen molar-refractivity contribution in [1.82, 2.24) is 9.78 Å². The number of carbonyl (C=O) groups is 2. The van der Waals surface area contributed by atoms with E-state index in [2.05, 4.69) is 18.9 Å². The van der Waals surface area contributed by atoms with E-state index in [-0.39, 0.29) is 29.6 Å². The van der Waals surface area contributed by atoms with E-state index in [1.165, 1.54) is 25.5 Å². The van der Waals surface area contributed by atoms with Crippen molar-refractivity contribution >= 4 is 11.8 Å². The second kappa shape index (κ2) is 8.46. The van der Waals surface area contributed by atoms with Gasteiger partial charge in [0.05, 0.1) is 30.5 Å². The maximum atomic E-state index is 13.5. The molecule has 0 saturated heterocycles. The standard InChI is InChI=1S/C28H42N2O4/c1-5-34-25(32)18-15-29-30(16-18)17-24(31)23-9-8-21-20-7-6-19-14-26(2,33)12-13-27(19,3)22(20)10-11-28(21,23)4/h15-16,19-23,33H,5-14,17H2,1-4H3/t19-,20+,21+,22+,23-,26-,27+,28+/m1/s1. The fourth-order valence-corrected chi connectivity index (χ4v) is 9.00. The normalized spacial score (nSPS) is 43.5. The lowest BCUT2D eigenvalue weighted by Crippen LogP contribution is -2.55. The maximum Gasteiger partial charge on any atom is 0.341 e. The Hall–Kier alpha value is -1.69. The van der Waals surface area contributed by atoms with Gasteiger partial charge in [0.15, 0.2) is 5.78 Å². The minimum atomic E-state index is -0.495. The summed E-state index contributed by atoms with van der Waals surface area (Å²) in [6.07, 6.45) is 13.1. The van der Waals surface area contributed by atoms with E-state index in [9.17, 15) is 14.7 Å². The minimum absolute atomic E-state index is 0.0682. The van der Waals surface area contributed by atoms with Gasteiger partial charge in [-0.25, -0.2) is 4.79 Å². The molecule has 1 N–H and O–H groups in total. The number of nitrogens with zero attached hydrogens (tertiary/aromatic N) is 2. The van der Waals surface area contributed by atoms with Crippen LogP contribution in [0, 0.1) is 40.4 Å². The molecule has 1 heterocycles. The number of aliphatic hydroxyl groups is 1. The zero-order valence-corrected chi connectivity index (χ0v) is 21.4. The molecule has 0 amide bonds. The zero-order valence-electron chi connectivity index (χ0n) is 21.4. The molecule has 0 spiro atoms. The van der Waals surface area contributed by atoms with E-state index >= 15 is 0 Å². The molecule has 4 aliphatic rings. The summed E-state index contributed by atoms with van der Waals surface area (Å²) >= 11 is 0. The summed E-state index contributed by atoms with van der Waals surface area (Å²) in [7, 11) is 0. The molecule has 1 aromatic rings. The molecule has 4 saturated carbocycles. The first-order chi connectivity index (χ1) is 16.1. The highest BCUT2D eigenvalue weighted by Gasteiger charge is 2.61. The fourth-order valence-electron chi connectivity index (χ4n) is 9.00. The maximum absolute atomic E-state index is 13.5. The summed E-state index contributed by atoms with van der Waals surface area (Å²) in [6.45, 7) is 9.27. The van der Waals surface area contributed by atoms with Gasteiger partial charge >= 0.3 is 5.97 Å². The second-order valence-corrected chi connectivity index (χ2v) is 12.6. The first kappa shape index (κ1) is 24.0. The molecule has 0 aliphatic heterocycles. The summed E-state index contributed by atoms with van der Waals surface area (Å²) in [5.41, 5.74) is 0.318. The highest BCUT2D eigenvalue weighted by atomic mass is 16.5. The van der Waals surface area contributed by atoms with Crippen molar-refractivity contribution in [3.05, 3.63) is 18.0 Å². The van der Waals surface area contributed by atoms with Crippen LogP contribution in [0.3, 0.4) is 0 Å². The number of rotatable bonds is 5. The van der Waals surface area contributed by atoms with Crippen LogP contribution >= 0.6 is 0 Å². The molecule has 0 radical (unpaired) electrons. The molecular formula is C28H42N2O4. The van der Waals surface area contributed by atoms with Crippen molar-refractivity contribution in [3.8, 4) is 0 Å². The molecule has 188 valence electrons.